The number of rotatable bonds is 7. The standard InChI is InChI=1S/C12H17F2N5.ClH/c1-2-19-11(3-4-16-19)7-15-5-10-6-17-18(8-10)9-12(13)14;/h3-4,6,8,12,15H,2,5,7,9H2,1H3;1H. The van der Waals surface area contributed by atoms with Gasteiger partial charge in [0.05, 0.1) is 11.9 Å². The number of nitrogens with one attached hydrogen (secondary N) is 1. The van der Waals surface area contributed by atoms with Crippen molar-refractivity contribution in [2.45, 2.75) is 39.5 Å². The predicted octanol–water partition coefficient (Wildman–Crippen LogP) is 2.08. The first kappa shape index (κ1) is 16.6. The maximum Gasteiger partial charge on any atom is 0.257 e. The van der Waals surface area contributed by atoms with Crippen molar-refractivity contribution in [2.24, 2.45) is 0 Å². The maximum absolute atomic E-state index is 12.2. The van der Waals surface area contributed by atoms with E-state index >= 15 is 0 Å². The number of aryl methyl sites for hydroxylation is 1. The van der Waals surface area contributed by atoms with E-state index in [2.05, 4.69) is 15.5 Å². The van der Waals surface area contributed by atoms with Gasteiger partial charge in [-0.2, -0.15) is 10.2 Å². The second kappa shape index (κ2) is 7.96. The molecule has 5 nitrogen and oxygen atoms in total. The lowest BCUT2D eigenvalue weighted by molar-refractivity contribution is 0.122. The van der Waals surface area contributed by atoms with Crippen LogP contribution < -0.4 is 5.32 Å². The van der Waals surface area contributed by atoms with E-state index in [1.54, 1.807) is 18.6 Å². The van der Waals surface area contributed by atoms with Crippen LogP contribution in [0.1, 0.15) is 18.2 Å². The van der Waals surface area contributed by atoms with E-state index < -0.39 is 6.43 Å². The van der Waals surface area contributed by atoms with Crippen LogP contribution in [0, 0.1) is 0 Å². The summed E-state index contributed by atoms with van der Waals surface area (Å²) in [5.74, 6) is 0. The molecule has 0 atom stereocenters. The van der Waals surface area contributed by atoms with E-state index in [9.17, 15) is 8.78 Å². The lowest BCUT2D eigenvalue weighted by Gasteiger charge is -2.05. The molecule has 0 aromatic carbocycles. The molecule has 0 saturated heterocycles. The quantitative estimate of drug-likeness (QED) is 0.852. The van der Waals surface area contributed by atoms with Gasteiger partial charge in [-0.15, -0.1) is 12.4 Å². The number of aromatic nitrogens is 4. The molecule has 0 saturated carbocycles. The van der Waals surface area contributed by atoms with Crippen LogP contribution in [0.5, 0.6) is 0 Å². The minimum atomic E-state index is -2.38. The fourth-order valence-corrected chi connectivity index (χ4v) is 1.87. The van der Waals surface area contributed by atoms with E-state index in [1.807, 2.05) is 17.7 Å². The molecule has 1 N–H and O–H groups in total. The number of nitrogens with zero attached hydrogens (tertiary/aromatic N) is 4. The number of hydrogen-bond acceptors (Lipinski definition) is 3. The van der Waals surface area contributed by atoms with Crippen molar-refractivity contribution in [3.05, 3.63) is 35.9 Å². The molecule has 0 unspecified atom stereocenters. The minimum Gasteiger partial charge on any atom is -0.307 e. The third kappa shape index (κ3) is 4.57. The average molecular weight is 306 g/mol. The normalized spacial score (nSPS) is 10.8. The van der Waals surface area contributed by atoms with Gasteiger partial charge >= 0.3 is 0 Å². The molecular weight excluding hydrogens is 288 g/mol. The van der Waals surface area contributed by atoms with Crippen molar-refractivity contribution >= 4 is 12.4 Å². The second-order valence-corrected chi connectivity index (χ2v) is 4.20. The Morgan fingerprint density at radius 2 is 2.10 bits per heavy atom. The van der Waals surface area contributed by atoms with Gasteiger partial charge in [-0.05, 0) is 13.0 Å². The molecule has 0 amide bonds. The lowest BCUT2D eigenvalue weighted by atomic mass is 10.3. The Kier molecular flexibility index (Phi) is 6.60. The van der Waals surface area contributed by atoms with Gasteiger partial charge in [-0.25, -0.2) is 8.78 Å². The molecule has 0 aliphatic carbocycles. The molecule has 2 heterocycles. The highest BCUT2D eigenvalue weighted by atomic mass is 35.5. The smallest absolute Gasteiger partial charge is 0.257 e. The van der Waals surface area contributed by atoms with E-state index in [0.29, 0.717) is 13.1 Å². The van der Waals surface area contributed by atoms with Gasteiger partial charge in [0.2, 0.25) is 0 Å². The molecule has 0 aliphatic heterocycles. The van der Waals surface area contributed by atoms with Gasteiger partial charge in [-0.1, -0.05) is 0 Å². The second-order valence-electron chi connectivity index (χ2n) is 4.20. The zero-order valence-corrected chi connectivity index (χ0v) is 12.0. The van der Waals surface area contributed by atoms with E-state index in [4.69, 9.17) is 0 Å². The first-order valence-electron chi connectivity index (χ1n) is 6.20. The van der Waals surface area contributed by atoms with Crippen LogP contribution in [0.15, 0.2) is 24.7 Å². The van der Waals surface area contributed by atoms with Crippen LogP contribution in [0.25, 0.3) is 0 Å². The molecular formula is C12H18ClF2N5. The monoisotopic (exact) mass is 305 g/mol. The molecule has 112 valence electrons. The zero-order chi connectivity index (χ0) is 13.7. The highest BCUT2D eigenvalue weighted by Gasteiger charge is 2.06. The van der Waals surface area contributed by atoms with Crippen LogP contribution in [-0.2, 0) is 26.2 Å². The van der Waals surface area contributed by atoms with Crippen molar-refractivity contribution in [1.82, 2.24) is 24.9 Å². The first-order chi connectivity index (χ1) is 9.19. The van der Waals surface area contributed by atoms with Gasteiger partial charge in [0.15, 0.2) is 0 Å². The van der Waals surface area contributed by atoms with Gasteiger partial charge in [-0.3, -0.25) is 9.36 Å². The molecule has 2 aromatic rings. The summed E-state index contributed by atoms with van der Waals surface area (Å²) in [6, 6.07) is 1.96. The summed E-state index contributed by atoms with van der Waals surface area (Å²) in [4.78, 5) is 0. The Bertz CT molecular complexity index is 511. The molecule has 2 rings (SSSR count). The van der Waals surface area contributed by atoms with Crippen LogP contribution in [0.4, 0.5) is 8.78 Å². The topological polar surface area (TPSA) is 47.7 Å². The summed E-state index contributed by atoms with van der Waals surface area (Å²) < 4.78 is 27.5. The van der Waals surface area contributed by atoms with Gasteiger partial charge in [0, 0.05) is 37.6 Å². The summed E-state index contributed by atoms with van der Waals surface area (Å²) in [7, 11) is 0. The Labute approximate surface area is 122 Å². The fourth-order valence-electron chi connectivity index (χ4n) is 1.87. The highest BCUT2D eigenvalue weighted by molar-refractivity contribution is 5.85. The zero-order valence-electron chi connectivity index (χ0n) is 11.2. The Morgan fingerprint density at radius 1 is 1.30 bits per heavy atom. The fraction of sp³-hybridized carbons (Fsp3) is 0.500. The Morgan fingerprint density at radius 3 is 2.80 bits per heavy atom. The molecule has 2 aromatic heterocycles. The summed E-state index contributed by atoms with van der Waals surface area (Å²) in [5, 5.41) is 11.3. The number of hydrogen-bond donors (Lipinski definition) is 1. The minimum absolute atomic E-state index is 0. The van der Waals surface area contributed by atoms with Crippen LogP contribution >= 0.6 is 12.4 Å². The van der Waals surface area contributed by atoms with Crippen molar-refractivity contribution in [1.29, 1.82) is 0 Å². The predicted molar refractivity (Wildman–Crippen MR) is 73.9 cm³/mol. The first-order valence-corrected chi connectivity index (χ1v) is 6.20. The van der Waals surface area contributed by atoms with Gasteiger partial charge in [0.1, 0.15) is 6.54 Å². The third-order valence-electron chi connectivity index (χ3n) is 2.75. The van der Waals surface area contributed by atoms with Crippen LogP contribution in [0.2, 0.25) is 0 Å². The van der Waals surface area contributed by atoms with E-state index in [-0.39, 0.29) is 19.0 Å². The maximum atomic E-state index is 12.2. The van der Waals surface area contributed by atoms with Crippen molar-refractivity contribution in [2.75, 3.05) is 0 Å². The largest absolute Gasteiger partial charge is 0.307 e. The molecule has 20 heavy (non-hydrogen) atoms. The van der Waals surface area contributed by atoms with Crippen molar-refractivity contribution < 1.29 is 8.78 Å². The van der Waals surface area contributed by atoms with Gasteiger partial charge in [0.25, 0.3) is 6.43 Å². The number of halogens is 3. The highest BCUT2D eigenvalue weighted by Crippen LogP contribution is 2.03. The lowest BCUT2D eigenvalue weighted by Crippen LogP contribution is -2.16. The van der Waals surface area contributed by atoms with E-state index in [0.717, 1.165) is 17.8 Å². The van der Waals surface area contributed by atoms with Crippen LogP contribution in [0.3, 0.4) is 0 Å². The molecule has 0 aliphatic rings. The third-order valence-corrected chi connectivity index (χ3v) is 2.75. The summed E-state index contributed by atoms with van der Waals surface area (Å²) in [5.41, 5.74) is 1.99. The Balaban J connectivity index is 0.00000200. The SMILES string of the molecule is CCn1nccc1CNCc1cnn(CC(F)F)c1.Cl. The van der Waals surface area contributed by atoms with Crippen molar-refractivity contribution in [3.8, 4) is 0 Å². The Hall–Kier alpha value is -1.47. The van der Waals surface area contributed by atoms with E-state index in [1.165, 1.54) is 4.68 Å². The molecule has 0 bridgehead atoms. The number of alkyl halides is 2. The van der Waals surface area contributed by atoms with Gasteiger partial charge < -0.3 is 5.32 Å². The summed E-state index contributed by atoms with van der Waals surface area (Å²) in [6.45, 7) is 3.79. The molecule has 8 heteroatoms. The van der Waals surface area contributed by atoms with Crippen molar-refractivity contribution in [3.63, 3.8) is 0 Å². The van der Waals surface area contributed by atoms with Crippen LogP contribution in [-0.4, -0.2) is 26.0 Å². The molecule has 0 fully saturated rings. The molecule has 0 radical (unpaired) electrons. The average Bonchev–Trinajstić information content (AvgIpc) is 2.98. The summed E-state index contributed by atoms with van der Waals surface area (Å²) in [6.07, 6.45) is 2.63. The summed E-state index contributed by atoms with van der Waals surface area (Å²) >= 11 is 0. The molecule has 0 spiro atoms.